The lowest BCUT2D eigenvalue weighted by molar-refractivity contribution is -0.146. The maximum atomic E-state index is 11.5. The van der Waals surface area contributed by atoms with Crippen LogP contribution in [-0.4, -0.2) is 49.1 Å². The highest BCUT2D eigenvalue weighted by Crippen LogP contribution is 2.05. The first-order valence-electron chi connectivity index (χ1n) is 4.97. The van der Waals surface area contributed by atoms with E-state index in [0.29, 0.717) is 5.75 Å². The first-order valence-corrected chi connectivity index (χ1v) is 4.97. The lowest BCUT2D eigenvalue weighted by atomic mass is 10.4. The average Bonchev–Trinajstić information content (AvgIpc) is 2.36. The predicted molar refractivity (Wildman–Crippen MR) is 59.4 cm³/mol. The lowest BCUT2D eigenvalue weighted by Gasteiger charge is -2.15. The van der Waals surface area contributed by atoms with Crippen molar-refractivity contribution < 1.29 is 19.1 Å². The van der Waals surface area contributed by atoms with E-state index in [1.807, 2.05) is 0 Å². The van der Waals surface area contributed by atoms with Crippen molar-refractivity contribution in [1.82, 2.24) is 9.88 Å². The Hall–Kier alpha value is -2.11. The van der Waals surface area contributed by atoms with Crippen LogP contribution in [0.2, 0.25) is 0 Å². The first kappa shape index (κ1) is 13.0. The minimum atomic E-state index is -0.470. The Labute approximate surface area is 99.2 Å². The summed E-state index contributed by atoms with van der Waals surface area (Å²) in [6.45, 7) is -0.231. The van der Waals surface area contributed by atoms with Gasteiger partial charge in [-0.1, -0.05) is 0 Å². The number of esters is 1. The zero-order valence-electron chi connectivity index (χ0n) is 9.75. The van der Waals surface area contributed by atoms with Crippen molar-refractivity contribution in [2.24, 2.45) is 0 Å². The van der Waals surface area contributed by atoms with Crippen molar-refractivity contribution in [1.29, 1.82) is 0 Å². The van der Waals surface area contributed by atoms with Crippen LogP contribution in [0, 0.1) is 0 Å². The molecule has 0 spiro atoms. The Morgan fingerprint density at radius 3 is 2.82 bits per heavy atom. The van der Waals surface area contributed by atoms with Gasteiger partial charge in [-0.05, 0) is 12.1 Å². The average molecular weight is 238 g/mol. The molecule has 0 bridgehead atoms. The molecular weight excluding hydrogens is 224 g/mol. The van der Waals surface area contributed by atoms with Gasteiger partial charge in [0.25, 0.3) is 5.91 Å². The standard InChI is InChI=1S/C11H14N2O4/c1-13(7-11(15)16-2)10(14)8-17-9-4-3-5-12-6-9/h3-6H,7-8H2,1-2H3. The number of ether oxygens (including phenoxy) is 2. The highest BCUT2D eigenvalue weighted by atomic mass is 16.5. The first-order chi connectivity index (χ1) is 8.13. The summed E-state index contributed by atoms with van der Waals surface area (Å²) in [4.78, 5) is 27.6. The van der Waals surface area contributed by atoms with E-state index < -0.39 is 5.97 Å². The van der Waals surface area contributed by atoms with E-state index >= 15 is 0 Å². The second-order valence-corrected chi connectivity index (χ2v) is 3.30. The van der Waals surface area contributed by atoms with Crippen LogP contribution in [0.15, 0.2) is 24.5 Å². The zero-order chi connectivity index (χ0) is 12.7. The van der Waals surface area contributed by atoms with E-state index in [0.717, 1.165) is 0 Å². The van der Waals surface area contributed by atoms with Crippen LogP contribution in [0.1, 0.15) is 0 Å². The third-order valence-corrected chi connectivity index (χ3v) is 2.02. The molecule has 0 aromatic carbocycles. The highest BCUT2D eigenvalue weighted by molar-refractivity contribution is 5.82. The molecule has 6 heteroatoms. The minimum absolute atomic E-state index is 0.0915. The molecule has 0 radical (unpaired) electrons. The minimum Gasteiger partial charge on any atom is -0.482 e. The van der Waals surface area contributed by atoms with Gasteiger partial charge in [0.1, 0.15) is 12.3 Å². The molecule has 0 fully saturated rings. The number of rotatable bonds is 5. The second kappa shape index (κ2) is 6.47. The molecule has 1 heterocycles. The fourth-order valence-corrected chi connectivity index (χ4v) is 1.03. The smallest absolute Gasteiger partial charge is 0.325 e. The normalized spacial score (nSPS) is 9.53. The van der Waals surface area contributed by atoms with Crippen molar-refractivity contribution in [2.75, 3.05) is 27.3 Å². The molecule has 1 rings (SSSR count). The molecule has 0 saturated carbocycles. The second-order valence-electron chi connectivity index (χ2n) is 3.30. The maximum absolute atomic E-state index is 11.5. The Kier molecular flexibility index (Phi) is 4.93. The number of methoxy groups -OCH3 is 1. The van der Waals surface area contributed by atoms with Crippen molar-refractivity contribution in [3.05, 3.63) is 24.5 Å². The summed E-state index contributed by atoms with van der Waals surface area (Å²) in [7, 11) is 2.78. The van der Waals surface area contributed by atoms with Gasteiger partial charge >= 0.3 is 5.97 Å². The van der Waals surface area contributed by atoms with Gasteiger partial charge in [0.05, 0.1) is 13.3 Å². The molecule has 17 heavy (non-hydrogen) atoms. The number of hydrogen-bond acceptors (Lipinski definition) is 5. The summed E-state index contributed by atoms with van der Waals surface area (Å²) in [6, 6.07) is 3.40. The van der Waals surface area contributed by atoms with Crippen LogP contribution in [0.25, 0.3) is 0 Å². The van der Waals surface area contributed by atoms with Gasteiger partial charge in [-0.3, -0.25) is 14.6 Å². The number of likely N-dealkylation sites (N-methyl/N-ethyl adjacent to an activating group) is 1. The van der Waals surface area contributed by atoms with Crippen LogP contribution in [0.5, 0.6) is 5.75 Å². The summed E-state index contributed by atoms with van der Waals surface area (Å²) in [5.41, 5.74) is 0. The summed E-state index contributed by atoms with van der Waals surface area (Å²) in [6.07, 6.45) is 3.12. The molecule has 6 nitrogen and oxygen atoms in total. The molecule has 0 atom stereocenters. The third kappa shape index (κ3) is 4.50. The summed E-state index contributed by atoms with van der Waals surface area (Å²) >= 11 is 0. The number of hydrogen-bond donors (Lipinski definition) is 0. The van der Waals surface area contributed by atoms with Gasteiger partial charge in [-0.25, -0.2) is 0 Å². The fraction of sp³-hybridized carbons (Fsp3) is 0.364. The van der Waals surface area contributed by atoms with Gasteiger partial charge in [0.15, 0.2) is 6.61 Å². The Bertz CT molecular complexity index is 380. The van der Waals surface area contributed by atoms with Crippen LogP contribution in [-0.2, 0) is 14.3 Å². The van der Waals surface area contributed by atoms with Crippen LogP contribution < -0.4 is 4.74 Å². The number of carbonyl (C=O) groups is 2. The van der Waals surface area contributed by atoms with Crippen molar-refractivity contribution in [3.8, 4) is 5.75 Å². The largest absolute Gasteiger partial charge is 0.482 e. The monoisotopic (exact) mass is 238 g/mol. The Morgan fingerprint density at radius 2 is 2.24 bits per heavy atom. The van der Waals surface area contributed by atoms with Gasteiger partial charge in [0, 0.05) is 13.2 Å². The molecule has 0 aliphatic carbocycles. The molecule has 0 saturated heterocycles. The van der Waals surface area contributed by atoms with Crippen molar-refractivity contribution in [2.45, 2.75) is 0 Å². The molecule has 1 aromatic heterocycles. The Morgan fingerprint density at radius 1 is 1.47 bits per heavy atom. The van der Waals surface area contributed by atoms with Crippen molar-refractivity contribution >= 4 is 11.9 Å². The third-order valence-electron chi connectivity index (χ3n) is 2.02. The molecular formula is C11H14N2O4. The number of carbonyl (C=O) groups excluding carboxylic acids is 2. The summed E-state index contributed by atoms with van der Waals surface area (Å²) in [5, 5.41) is 0. The zero-order valence-corrected chi connectivity index (χ0v) is 9.75. The van der Waals surface area contributed by atoms with Crippen LogP contribution in [0.4, 0.5) is 0 Å². The molecule has 0 aliphatic rings. The topological polar surface area (TPSA) is 68.7 Å². The molecule has 92 valence electrons. The number of pyridine rings is 1. The van der Waals surface area contributed by atoms with Crippen LogP contribution in [0.3, 0.4) is 0 Å². The van der Waals surface area contributed by atoms with E-state index in [1.165, 1.54) is 25.3 Å². The van der Waals surface area contributed by atoms with Gasteiger partial charge in [-0.15, -0.1) is 0 Å². The van der Waals surface area contributed by atoms with E-state index in [4.69, 9.17) is 4.74 Å². The van der Waals surface area contributed by atoms with E-state index in [-0.39, 0.29) is 19.1 Å². The van der Waals surface area contributed by atoms with Gasteiger partial charge < -0.3 is 14.4 Å². The Balaban J connectivity index is 2.37. The summed E-state index contributed by atoms with van der Waals surface area (Å²) < 4.78 is 9.65. The highest BCUT2D eigenvalue weighted by Gasteiger charge is 2.13. The van der Waals surface area contributed by atoms with E-state index in [2.05, 4.69) is 9.72 Å². The maximum Gasteiger partial charge on any atom is 0.325 e. The number of nitrogens with zero attached hydrogens (tertiary/aromatic N) is 2. The van der Waals surface area contributed by atoms with Gasteiger partial charge in [-0.2, -0.15) is 0 Å². The molecule has 1 amide bonds. The van der Waals surface area contributed by atoms with Crippen molar-refractivity contribution in [3.63, 3.8) is 0 Å². The molecule has 1 aromatic rings. The van der Waals surface area contributed by atoms with Gasteiger partial charge in [0.2, 0.25) is 0 Å². The fourth-order valence-electron chi connectivity index (χ4n) is 1.03. The molecule has 0 unspecified atom stereocenters. The summed E-state index contributed by atoms with van der Waals surface area (Å²) in [5.74, 6) is -0.270. The SMILES string of the molecule is COC(=O)CN(C)C(=O)COc1cccnc1. The van der Waals surface area contributed by atoms with E-state index in [9.17, 15) is 9.59 Å². The quantitative estimate of drug-likeness (QED) is 0.680. The number of aromatic nitrogens is 1. The number of amides is 1. The molecule has 0 aliphatic heterocycles. The lowest BCUT2D eigenvalue weighted by Crippen LogP contribution is -2.35. The molecule has 0 N–H and O–H groups in total. The predicted octanol–water partition coefficient (Wildman–Crippen LogP) is 0.0918. The van der Waals surface area contributed by atoms with E-state index in [1.54, 1.807) is 18.3 Å². The van der Waals surface area contributed by atoms with Crippen LogP contribution >= 0.6 is 0 Å².